The molecule has 0 saturated carbocycles. The fourth-order valence-corrected chi connectivity index (χ4v) is 2.31. The van der Waals surface area contributed by atoms with Crippen LogP contribution < -0.4 is 10.2 Å². The van der Waals surface area contributed by atoms with Gasteiger partial charge in [0.1, 0.15) is 0 Å². The molecule has 0 amide bonds. The van der Waals surface area contributed by atoms with Gasteiger partial charge in [0, 0.05) is 0 Å². The van der Waals surface area contributed by atoms with E-state index in [1.807, 2.05) is 34.6 Å². The summed E-state index contributed by atoms with van der Waals surface area (Å²) in [4.78, 5) is 0. The van der Waals surface area contributed by atoms with E-state index >= 15 is 0 Å². The fourth-order valence-electron chi connectivity index (χ4n) is 2.04. The van der Waals surface area contributed by atoms with Crippen molar-refractivity contribution in [2.75, 3.05) is 6.61 Å². The molecule has 1 aliphatic heterocycles. The third-order valence-corrected chi connectivity index (χ3v) is 4.28. The Labute approximate surface area is 130 Å². The second-order valence-corrected chi connectivity index (χ2v) is 6.66. The van der Waals surface area contributed by atoms with Gasteiger partial charge in [-0.2, -0.15) is 0 Å². The number of rotatable bonds is 4. The zero-order valence-corrected chi connectivity index (χ0v) is 13.9. The van der Waals surface area contributed by atoms with Gasteiger partial charge in [0.05, 0.1) is 22.8 Å². The second kappa shape index (κ2) is 5.78. The Morgan fingerprint density at radius 3 is 2.24 bits per heavy atom. The normalized spacial score (nSPS) is 19.9. The van der Waals surface area contributed by atoms with Crippen molar-refractivity contribution in [1.29, 1.82) is 0 Å². The van der Waals surface area contributed by atoms with E-state index in [0.29, 0.717) is 12.1 Å². The first-order valence-electron chi connectivity index (χ1n) is 7.15. The van der Waals surface area contributed by atoms with E-state index < -0.39 is 24.1 Å². The van der Waals surface area contributed by atoms with Crippen molar-refractivity contribution in [2.24, 2.45) is 0 Å². The van der Waals surface area contributed by atoms with Gasteiger partial charge in [-0.25, -0.2) is 4.39 Å². The van der Waals surface area contributed by atoms with Gasteiger partial charge < -0.3 is 14.0 Å². The maximum atomic E-state index is 14.2. The minimum absolute atomic E-state index is 0.0822. The van der Waals surface area contributed by atoms with Crippen molar-refractivity contribution in [2.45, 2.75) is 52.2 Å². The first-order chi connectivity index (χ1) is 9.68. The maximum Gasteiger partial charge on any atom is 0.494 e. The fraction of sp³-hybridized carbons (Fsp3) is 0.600. The highest BCUT2D eigenvalue weighted by molar-refractivity contribution is 6.62. The molecule has 2 rings (SSSR count). The number of ether oxygens (including phenoxy) is 1. The van der Waals surface area contributed by atoms with Gasteiger partial charge in [-0.3, -0.25) is 0 Å². The van der Waals surface area contributed by atoms with Crippen LogP contribution in [0.5, 0.6) is 5.75 Å². The Morgan fingerprint density at radius 1 is 1.19 bits per heavy atom. The molecule has 0 bridgehead atoms. The van der Waals surface area contributed by atoms with Crippen LogP contribution in [-0.2, 0) is 9.31 Å². The van der Waals surface area contributed by atoms with Crippen molar-refractivity contribution < 1.29 is 18.4 Å². The maximum absolute atomic E-state index is 14.2. The molecule has 0 aliphatic carbocycles. The summed E-state index contributed by atoms with van der Waals surface area (Å²) < 4.78 is 31.3. The smallest absolute Gasteiger partial charge is 0.489 e. The number of hydrogen-bond acceptors (Lipinski definition) is 3. The van der Waals surface area contributed by atoms with Gasteiger partial charge in [-0.15, -0.1) is 0 Å². The first kappa shape index (κ1) is 16.6. The number of benzene rings is 1. The average Bonchev–Trinajstić information content (AvgIpc) is 2.57. The van der Waals surface area contributed by atoms with E-state index in [0.717, 1.165) is 6.42 Å². The lowest BCUT2D eigenvalue weighted by Crippen LogP contribution is -2.41. The molecule has 1 heterocycles. The lowest BCUT2D eigenvalue weighted by atomic mass is 9.79. The van der Waals surface area contributed by atoms with Crippen LogP contribution in [0.4, 0.5) is 4.39 Å². The summed E-state index contributed by atoms with van der Waals surface area (Å²) in [5.41, 5.74) is -0.393. The zero-order chi connectivity index (χ0) is 15.8. The van der Waals surface area contributed by atoms with E-state index in [4.69, 9.17) is 25.6 Å². The monoisotopic (exact) mass is 314 g/mol. The molecule has 0 atom stereocenters. The molecule has 3 nitrogen and oxygen atoms in total. The van der Waals surface area contributed by atoms with Crippen LogP contribution in [0.1, 0.15) is 41.0 Å². The van der Waals surface area contributed by atoms with Crippen LogP contribution in [-0.4, -0.2) is 24.9 Å². The van der Waals surface area contributed by atoms with Gasteiger partial charge in [0.2, 0.25) is 0 Å². The molecule has 0 N–H and O–H groups in total. The minimum atomic E-state index is -0.637. The van der Waals surface area contributed by atoms with Crippen molar-refractivity contribution in [1.82, 2.24) is 0 Å². The number of hydrogen-bond donors (Lipinski definition) is 0. The molecule has 1 fully saturated rings. The summed E-state index contributed by atoms with van der Waals surface area (Å²) in [5.74, 6) is -0.417. The largest absolute Gasteiger partial charge is 0.494 e. The van der Waals surface area contributed by atoms with Crippen molar-refractivity contribution >= 4 is 24.2 Å². The van der Waals surface area contributed by atoms with Gasteiger partial charge in [-0.1, -0.05) is 18.5 Å². The first-order valence-corrected chi connectivity index (χ1v) is 7.53. The van der Waals surface area contributed by atoms with Crippen molar-refractivity contribution in [3.8, 4) is 5.75 Å². The molecular formula is C15H21BClFO3. The van der Waals surface area contributed by atoms with Crippen molar-refractivity contribution in [3.63, 3.8) is 0 Å². The third kappa shape index (κ3) is 3.20. The quantitative estimate of drug-likeness (QED) is 0.795. The van der Waals surface area contributed by atoms with Crippen LogP contribution in [0.3, 0.4) is 0 Å². The predicted molar refractivity (Wildman–Crippen MR) is 82.9 cm³/mol. The van der Waals surface area contributed by atoms with Gasteiger partial charge in [-0.05, 0) is 51.7 Å². The van der Waals surface area contributed by atoms with Gasteiger partial charge in [0.25, 0.3) is 0 Å². The van der Waals surface area contributed by atoms with Crippen LogP contribution in [0.2, 0.25) is 5.02 Å². The Kier molecular flexibility index (Phi) is 4.57. The van der Waals surface area contributed by atoms with E-state index in [9.17, 15) is 4.39 Å². The summed E-state index contributed by atoms with van der Waals surface area (Å²) >= 11 is 6.11. The van der Waals surface area contributed by atoms with E-state index in [1.165, 1.54) is 6.07 Å². The van der Waals surface area contributed by atoms with Crippen LogP contribution in [0.25, 0.3) is 0 Å². The molecule has 1 aromatic rings. The lowest BCUT2D eigenvalue weighted by Gasteiger charge is -2.32. The van der Waals surface area contributed by atoms with Gasteiger partial charge >= 0.3 is 7.12 Å². The van der Waals surface area contributed by atoms with Gasteiger partial charge in [0.15, 0.2) is 11.6 Å². The Balaban J connectivity index is 2.27. The molecule has 21 heavy (non-hydrogen) atoms. The Morgan fingerprint density at radius 2 is 1.76 bits per heavy atom. The molecule has 0 aromatic heterocycles. The summed E-state index contributed by atoms with van der Waals surface area (Å²) in [6, 6.07) is 3.00. The third-order valence-electron chi connectivity index (χ3n) is 4.00. The highest BCUT2D eigenvalue weighted by Crippen LogP contribution is 2.37. The highest BCUT2D eigenvalue weighted by atomic mass is 35.5. The van der Waals surface area contributed by atoms with E-state index in [-0.39, 0.29) is 10.8 Å². The zero-order valence-electron chi connectivity index (χ0n) is 13.1. The molecule has 116 valence electrons. The molecule has 0 radical (unpaired) electrons. The average molecular weight is 315 g/mol. The predicted octanol–water partition coefficient (Wildman–Crippen LogP) is 3.57. The van der Waals surface area contributed by atoms with Crippen LogP contribution in [0, 0.1) is 5.82 Å². The second-order valence-electron chi connectivity index (χ2n) is 6.25. The molecule has 1 aliphatic rings. The molecule has 1 aromatic carbocycles. The summed E-state index contributed by atoms with van der Waals surface area (Å²) in [6.07, 6.45) is 0.786. The number of halogens is 2. The minimum Gasteiger partial charge on any atom is -0.489 e. The molecule has 1 saturated heterocycles. The van der Waals surface area contributed by atoms with E-state index in [2.05, 4.69) is 0 Å². The summed E-state index contributed by atoms with van der Waals surface area (Å²) in [5, 5.41) is 0.230. The molecule has 0 spiro atoms. The standard InChI is InChI=1S/C15H21BClFO3/c1-6-7-19-13-11(17)8-10(9-12(13)18)16-20-14(2,3)15(4,5)21-16/h8-9H,6-7H2,1-5H3. The Hall–Kier alpha value is -0.775. The highest BCUT2D eigenvalue weighted by Gasteiger charge is 2.51. The summed E-state index contributed by atoms with van der Waals surface area (Å²) in [6.45, 7) is 10.2. The molecule has 6 heteroatoms. The SMILES string of the molecule is CCCOc1c(F)cc(B2OC(C)(C)C(C)(C)O2)cc1Cl. The molecular weight excluding hydrogens is 293 g/mol. The Bertz CT molecular complexity index is 495. The molecule has 0 unspecified atom stereocenters. The van der Waals surface area contributed by atoms with E-state index in [1.54, 1.807) is 6.07 Å². The topological polar surface area (TPSA) is 27.7 Å². The summed E-state index contributed by atoms with van der Waals surface area (Å²) in [7, 11) is -0.637. The van der Waals surface area contributed by atoms with Crippen molar-refractivity contribution in [3.05, 3.63) is 23.0 Å². The lowest BCUT2D eigenvalue weighted by molar-refractivity contribution is 0.00578. The van der Waals surface area contributed by atoms with Crippen LogP contribution >= 0.6 is 11.6 Å². The van der Waals surface area contributed by atoms with Crippen LogP contribution in [0.15, 0.2) is 12.1 Å².